The Morgan fingerprint density at radius 2 is 2.17 bits per heavy atom. The average Bonchev–Trinajstić information content (AvgIpc) is 2.98. The van der Waals surface area contributed by atoms with E-state index in [9.17, 15) is 0 Å². The SMILES string of the molecule is Cc1cccc(-c2[nH]ncc2-c2nn3c(C4CC4)nnc3s2)c1. The van der Waals surface area contributed by atoms with Crippen LogP contribution in [0.2, 0.25) is 0 Å². The van der Waals surface area contributed by atoms with Crippen LogP contribution in [-0.4, -0.2) is 30.0 Å². The molecule has 23 heavy (non-hydrogen) atoms. The summed E-state index contributed by atoms with van der Waals surface area (Å²) >= 11 is 1.55. The standard InChI is InChI=1S/C16H14N6S/c1-9-3-2-4-11(7-9)13-12(8-17-18-13)15-21-22-14(10-5-6-10)19-20-16(22)23-15/h2-4,7-8,10H,5-6H2,1H3,(H,17,18). The number of fused-ring (bicyclic) bond motifs is 1. The van der Waals surface area contributed by atoms with Crippen molar-refractivity contribution in [2.75, 3.05) is 0 Å². The van der Waals surface area contributed by atoms with Gasteiger partial charge >= 0.3 is 0 Å². The summed E-state index contributed by atoms with van der Waals surface area (Å²) in [4.78, 5) is 0.846. The fraction of sp³-hybridized carbons (Fsp3) is 0.250. The number of hydrogen-bond donors (Lipinski definition) is 1. The smallest absolute Gasteiger partial charge is 0.234 e. The summed E-state index contributed by atoms with van der Waals surface area (Å²) in [6.07, 6.45) is 4.21. The highest BCUT2D eigenvalue weighted by atomic mass is 32.1. The van der Waals surface area contributed by atoms with Crippen LogP contribution in [0.5, 0.6) is 0 Å². The van der Waals surface area contributed by atoms with E-state index in [0.29, 0.717) is 5.92 Å². The van der Waals surface area contributed by atoms with Gasteiger partial charge in [-0.25, -0.2) is 0 Å². The van der Waals surface area contributed by atoms with Gasteiger partial charge < -0.3 is 0 Å². The van der Waals surface area contributed by atoms with E-state index in [1.165, 1.54) is 18.4 Å². The third-order valence-electron chi connectivity index (χ3n) is 4.13. The van der Waals surface area contributed by atoms with Crippen molar-refractivity contribution in [1.82, 2.24) is 30.0 Å². The molecule has 1 saturated carbocycles. The lowest BCUT2D eigenvalue weighted by Crippen LogP contribution is -1.93. The van der Waals surface area contributed by atoms with Crippen molar-refractivity contribution < 1.29 is 0 Å². The highest BCUT2D eigenvalue weighted by Gasteiger charge is 2.30. The minimum absolute atomic E-state index is 0.528. The number of aromatic nitrogens is 6. The molecule has 1 fully saturated rings. The number of H-pyrrole nitrogens is 1. The second-order valence-electron chi connectivity index (χ2n) is 5.96. The van der Waals surface area contributed by atoms with Crippen LogP contribution in [0.4, 0.5) is 0 Å². The molecule has 0 bridgehead atoms. The van der Waals surface area contributed by atoms with Gasteiger partial charge in [0.25, 0.3) is 0 Å². The zero-order chi connectivity index (χ0) is 15.4. The van der Waals surface area contributed by atoms with Crippen LogP contribution in [0.1, 0.15) is 30.1 Å². The summed E-state index contributed by atoms with van der Waals surface area (Å²) < 4.78 is 1.89. The molecular weight excluding hydrogens is 308 g/mol. The highest BCUT2D eigenvalue weighted by Crippen LogP contribution is 2.40. The number of aryl methyl sites for hydroxylation is 1. The zero-order valence-electron chi connectivity index (χ0n) is 12.5. The van der Waals surface area contributed by atoms with E-state index < -0.39 is 0 Å². The Labute approximate surface area is 136 Å². The van der Waals surface area contributed by atoms with Crippen LogP contribution in [0.3, 0.4) is 0 Å². The minimum atomic E-state index is 0.528. The molecule has 6 nitrogen and oxygen atoms in total. The summed E-state index contributed by atoms with van der Waals surface area (Å²) in [5.41, 5.74) is 4.34. The third kappa shape index (κ3) is 2.08. The second-order valence-corrected chi connectivity index (χ2v) is 6.92. The molecule has 1 N–H and O–H groups in total. The van der Waals surface area contributed by atoms with E-state index in [4.69, 9.17) is 5.10 Å². The predicted octanol–water partition coefficient (Wildman–Crippen LogP) is 3.43. The van der Waals surface area contributed by atoms with Crippen LogP contribution in [0.15, 0.2) is 30.5 Å². The molecule has 0 spiro atoms. The third-order valence-corrected chi connectivity index (χ3v) is 5.07. The highest BCUT2D eigenvalue weighted by molar-refractivity contribution is 7.19. The van der Waals surface area contributed by atoms with Crippen molar-refractivity contribution in [1.29, 1.82) is 0 Å². The molecule has 1 aromatic carbocycles. The first kappa shape index (κ1) is 13.0. The number of aromatic amines is 1. The van der Waals surface area contributed by atoms with Crippen LogP contribution >= 0.6 is 11.3 Å². The van der Waals surface area contributed by atoms with Crippen LogP contribution in [0, 0.1) is 6.92 Å². The van der Waals surface area contributed by atoms with Crippen molar-refractivity contribution in [2.24, 2.45) is 0 Å². The van der Waals surface area contributed by atoms with Gasteiger partial charge in [0.2, 0.25) is 4.96 Å². The number of nitrogens with one attached hydrogen (secondary N) is 1. The number of benzene rings is 1. The van der Waals surface area contributed by atoms with Gasteiger partial charge in [-0.2, -0.15) is 14.7 Å². The molecule has 7 heteroatoms. The van der Waals surface area contributed by atoms with Gasteiger partial charge in [-0.15, -0.1) is 10.2 Å². The van der Waals surface area contributed by atoms with Gasteiger partial charge in [-0.3, -0.25) is 5.10 Å². The molecule has 3 heterocycles. The molecule has 1 aliphatic rings. The quantitative estimate of drug-likeness (QED) is 0.627. The Kier molecular flexibility index (Phi) is 2.66. The van der Waals surface area contributed by atoms with E-state index in [0.717, 1.165) is 32.6 Å². The van der Waals surface area contributed by atoms with E-state index >= 15 is 0 Å². The second kappa shape index (κ2) is 4.73. The largest absolute Gasteiger partial charge is 0.277 e. The van der Waals surface area contributed by atoms with Crippen LogP contribution in [0.25, 0.3) is 26.8 Å². The maximum absolute atomic E-state index is 4.74. The first-order chi connectivity index (χ1) is 11.3. The van der Waals surface area contributed by atoms with Gasteiger partial charge in [0.05, 0.1) is 17.5 Å². The molecular formula is C16H14N6S. The van der Waals surface area contributed by atoms with Crippen LogP contribution in [-0.2, 0) is 0 Å². The Bertz CT molecular complexity index is 1010. The van der Waals surface area contributed by atoms with Gasteiger partial charge in [0, 0.05) is 11.5 Å². The van der Waals surface area contributed by atoms with Crippen molar-refractivity contribution in [3.63, 3.8) is 0 Å². The lowest BCUT2D eigenvalue weighted by Gasteiger charge is -2.02. The Morgan fingerprint density at radius 3 is 3.00 bits per heavy atom. The predicted molar refractivity (Wildman–Crippen MR) is 88.4 cm³/mol. The van der Waals surface area contributed by atoms with E-state index in [-0.39, 0.29) is 0 Å². The Morgan fingerprint density at radius 1 is 1.26 bits per heavy atom. The maximum atomic E-state index is 4.74. The normalized spacial score (nSPS) is 14.7. The molecule has 0 saturated heterocycles. The lowest BCUT2D eigenvalue weighted by molar-refractivity contribution is 0.828. The minimum Gasteiger partial charge on any atom is -0.277 e. The molecule has 0 aliphatic heterocycles. The summed E-state index contributed by atoms with van der Waals surface area (Å²) in [6.45, 7) is 2.09. The molecule has 4 aromatic rings. The fourth-order valence-corrected chi connectivity index (χ4v) is 3.67. The molecule has 114 valence electrons. The lowest BCUT2D eigenvalue weighted by atomic mass is 10.1. The van der Waals surface area contributed by atoms with Crippen molar-refractivity contribution in [3.05, 3.63) is 41.9 Å². The number of rotatable bonds is 3. The van der Waals surface area contributed by atoms with E-state index in [1.807, 2.05) is 10.7 Å². The average molecular weight is 322 g/mol. The first-order valence-corrected chi connectivity index (χ1v) is 8.44. The monoisotopic (exact) mass is 322 g/mol. The van der Waals surface area contributed by atoms with Gasteiger partial charge in [-0.1, -0.05) is 35.1 Å². The molecule has 0 atom stereocenters. The fourth-order valence-electron chi connectivity index (χ4n) is 2.81. The first-order valence-electron chi connectivity index (χ1n) is 7.62. The van der Waals surface area contributed by atoms with Gasteiger partial charge in [0.15, 0.2) is 10.8 Å². The summed E-state index contributed by atoms with van der Waals surface area (Å²) in [7, 11) is 0. The molecule has 1 aliphatic carbocycles. The van der Waals surface area contributed by atoms with E-state index in [1.54, 1.807) is 11.3 Å². The Balaban J connectivity index is 1.64. The summed E-state index contributed by atoms with van der Waals surface area (Å²) in [6, 6.07) is 8.37. The van der Waals surface area contributed by atoms with Gasteiger partial charge in [0.1, 0.15) is 0 Å². The van der Waals surface area contributed by atoms with Crippen molar-refractivity contribution >= 4 is 16.3 Å². The summed E-state index contributed by atoms with van der Waals surface area (Å²) in [5.74, 6) is 1.52. The van der Waals surface area contributed by atoms with Gasteiger partial charge in [-0.05, 0) is 25.8 Å². The molecule has 3 aromatic heterocycles. The summed E-state index contributed by atoms with van der Waals surface area (Å²) in [5, 5.41) is 21.5. The Hall–Kier alpha value is -2.54. The molecule has 0 radical (unpaired) electrons. The number of hydrogen-bond acceptors (Lipinski definition) is 5. The van der Waals surface area contributed by atoms with Crippen molar-refractivity contribution in [2.45, 2.75) is 25.7 Å². The van der Waals surface area contributed by atoms with E-state index in [2.05, 4.69) is 51.6 Å². The maximum Gasteiger partial charge on any atom is 0.234 e. The topological polar surface area (TPSA) is 71.8 Å². The zero-order valence-corrected chi connectivity index (χ0v) is 13.3. The molecule has 0 amide bonds. The molecule has 0 unspecified atom stereocenters. The van der Waals surface area contributed by atoms with Crippen LogP contribution < -0.4 is 0 Å². The van der Waals surface area contributed by atoms with Crippen molar-refractivity contribution in [3.8, 4) is 21.8 Å². The number of nitrogens with zero attached hydrogens (tertiary/aromatic N) is 5. The molecule has 5 rings (SSSR count).